The molecule has 5 aliphatic rings. The van der Waals surface area contributed by atoms with E-state index in [2.05, 4.69) is 35.4 Å². The van der Waals surface area contributed by atoms with Gasteiger partial charge in [-0.2, -0.15) is 0 Å². The topological polar surface area (TPSA) is 0 Å². The molecule has 2 heteroatoms. The predicted octanol–water partition coefficient (Wildman–Crippen LogP) is 12.3. The van der Waals surface area contributed by atoms with Crippen LogP contribution in [0, 0.1) is 0 Å². The lowest BCUT2D eigenvalue weighted by Gasteiger charge is -2.55. The number of benzene rings is 1. The maximum Gasteiger partial charge on any atom is -0.0166 e. The van der Waals surface area contributed by atoms with E-state index in [0.29, 0.717) is 0 Å². The molecule has 0 heterocycles. The molecule has 218 valence electrons. The van der Waals surface area contributed by atoms with E-state index in [-0.39, 0.29) is 7.92 Å². The molecule has 0 saturated heterocycles. The van der Waals surface area contributed by atoms with Crippen LogP contribution in [0.4, 0.5) is 0 Å². The van der Waals surface area contributed by atoms with E-state index < -0.39 is 6.89 Å². The molecular formula is C37H60P2. The second-order valence-corrected chi connectivity index (χ2v) is 21.8. The first-order valence-electron chi connectivity index (χ1n) is 18.0. The molecule has 0 spiro atoms. The van der Waals surface area contributed by atoms with Crippen molar-refractivity contribution in [2.45, 2.75) is 189 Å². The third-order valence-corrected chi connectivity index (χ3v) is 23.4. The normalized spacial score (nSPS) is 26.2. The van der Waals surface area contributed by atoms with Gasteiger partial charge in [-0.1, -0.05) is 141 Å². The van der Waals surface area contributed by atoms with Gasteiger partial charge in [-0.25, -0.2) is 0 Å². The van der Waals surface area contributed by atoms with Gasteiger partial charge in [0.1, 0.15) is 0 Å². The van der Waals surface area contributed by atoms with Crippen LogP contribution in [0.25, 0.3) is 0 Å². The van der Waals surface area contributed by atoms with Gasteiger partial charge in [0, 0.05) is 0 Å². The van der Waals surface area contributed by atoms with E-state index in [4.69, 9.17) is 0 Å². The van der Waals surface area contributed by atoms with Crippen LogP contribution in [-0.4, -0.2) is 33.3 Å². The molecule has 0 unspecified atom stereocenters. The maximum absolute atomic E-state index is 2.67. The monoisotopic (exact) mass is 566 g/mol. The third-order valence-electron chi connectivity index (χ3n) is 12.1. The summed E-state index contributed by atoms with van der Waals surface area (Å²) in [7, 11) is -0.0330. The minimum atomic E-state index is -1.30. The fourth-order valence-corrected chi connectivity index (χ4v) is 25.2. The first-order valence-corrected chi connectivity index (χ1v) is 21.5. The van der Waals surface area contributed by atoms with Gasteiger partial charge in [-0.3, -0.25) is 0 Å². The quantitative estimate of drug-likeness (QED) is 0.288. The van der Waals surface area contributed by atoms with Gasteiger partial charge in [0.15, 0.2) is 0 Å². The summed E-state index contributed by atoms with van der Waals surface area (Å²) in [6.45, 7) is -1.30. The lowest BCUT2D eigenvalue weighted by Crippen LogP contribution is -2.37. The van der Waals surface area contributed by atoms with Crippen molar-refractivity contribution in [3.63, 3.8) is 0 Å². The van der Waals surface area contributed by atoms with Crippen LogP contribution in [0.2, 0.25) is 0 Å². The van der Waals surface area contributed by atoms with Crippen molar-refractivity contribution < 1.29 is 0 Å². The predicted molar refractivity (Wildman–Crippen MR) is 179 cm³/mol. The Bertz CT molecular complexity index is 834. The number of hydrogen-bond acceptors (Lipinski definition) is 0. The molecule has 5 aliphatic carbocycles. The molecule has 1 aromatic rings. The summed E-state index contributed by atoms with van der Waals surface area (Å²) in [5.41, 5.74) is 7.11. The van der Waals surface area contributed by atoms with Gasteiger partial charge >= 0.3 is 0 Å². The molecule has 0 aromatic heterocycles. The molecule has 5 fully saturated rings. The average Bonchev–Trinajstić information content (AvgIpc) is 3.04. The van der Waals surface area contributed by atoms with E-state index >= 15 is 0 Å². The Morgan fingerprint density at radius 2 is 0.769 bits per heavy atom. The fraction of sp³-hybridized carbons (Fsp3) is 0.811. The van der Waals surface area contributed by atoms with E-state index in [1.165, 1.54) is 57.8 Å². The molecule has 39 heavy (non-hydrogen) atoms. The Hall–Kier alpha value is -0.0500. The summed E-state index contributed by atoms with van der Waals surface area (Å²) in [6, 6.07) is 12.6. The van der Waals surface area contributed by atoms with Crippen molar-refractivity contribution in [1.82, 2.24) is 0 Å². The summed E-state index contributed by atoms with van der Waals surface area (Å²) in [4.78, 5) is 0. The third kappa shape index (κ3) is 6.34. The Morgan fingerprint density at radius 3 is 1.13 bits per heavy atom. The molecule has 0 radical (unpaired) electrons. The minimum absolute atomic E-state index is 0.0330. The van der Waals surface area contributed by atoms with E-state index in [1.54, 1.807) is 108 Å². The molecule has 0 N–H and O–H groups in total. The van der Waals surface area contributed by atoms with Crippen LogP contribution in [-0.2, 0) is 0 Å². The Balaban J connectivity index is 1.65. The maximum atomic E-state index is 2.67. The van der Waals surface area contributed by atoms with Crippen LogP contribution in [0.15, 0.2) is 30.3 Å². The lowest BCUT2D eigenvalue weighted by molar-refractivity contribution is 0.458. The van der Waals surface area contributed by atoms with E-state index in [1.807, 2.05) is 0 Å². The van der Waals surface area contributed by atoms with Gasteiger partial charge < -0.3 is 0 Å². The Morgan fingerprint density at radius 1 is 0.436 bits per heavy atom. The molecule has 0 aliphatic heterocycles. The number of hydrogen-bond donors (Lipinski definition) is 0. The highest BCUT2D eigenvalue weighted by molar-refractivity contribution is 7.97. The van der Waals surface area contributed by atoms with E-state index in [0.717, 1.165) is 28.3 Å². The molecule has 0 bridgehead atoms. The van der Waals surface area contributed by atoms with Crippen molar-refractivity contribution in [3.05, 3.63) is 35.9 Å². The van der Waals surface area contributed by atoms with Crippen molar-refractivity contribution in [2.75, 3.05) is 0 Å². The molecule has 0 nitrogen and oxygen atoms in total. The Kier molecular flexibility index (Phi) is 10.7. The highest BCUT2D eigenvalue weighted by atomic mass is 31.2. The van der Waals surface area contributed by atoms with E-state index in [9.17, 15) is 0 Å². The fourth-order valence-electron chi connectivity index (χ4n) is 10.5. The van der Waals surface area contributed by atoms with Crippen LogP contribution >= 0.6 is 14.8 Å². The second kappa shape index (κ2) is 14.4. The first-order chi connectivity index (χ1) is 19.4. The SMILES string of the molecule is c1ccc(C(P(C2CCCCC2)C2CCCCC2)=P(C2CCCCC2)(C2CCCCC2)C2CCCCC2)cc1. The summed E-state index contributed by atoms with van der Waals surface area (Å²) in [5.74, 6) is 0. The Labute approximate surface area is 244 Å². The summed E-state index contributed by atoms with van der Waals surface area (Å²) >= 11 is 0. The van der Waals surface area contributed by atoms with Gasteiger partial charge in [-0.15, -0.1) is 0 Å². The van der Waals surface area contributed by atoms with Gasteiger partial charge in [0.25, 0.3) is 0 Å². The zero-order chi connectivity index (χ0) is 26.3. The standard InChI is InChI=1S/C37H60P2/c1-7-19-31(20-8-1)37(38(32-21-9-2-10-22-32)33-23-11-3-12-24-33)39(34-25-13-4-14-26-34,35-27-15-5-16-28-35)36-29-17-6-18-30-36/h1,7-8,19-20,32-36H,2-6,9-18,21-30H2. The van der Waals surface area contributed by atoms with Crippen LogP contribution in [0.3, 0.4) is 0 Å². The zero-order valence-electron chi connectivity index (χ0n) is 25.3. The van der Waals surface area contributed by atoms with Gasteiger partial charge in [0.2, 0.25) is 0 Å². The molecule has 0 amide bonds. The highest BCUT2D eigenvalue weighted by Gasteiger charge is 2.48. The zero-order valence-corrected chi connectivity index (χ0v) is 27.1. The summed E-state index contributed by atoms with van der Waals surface area (Å²) in [5, 5.41) is 2.28. The molecule has 6 rings (SSSR count). The van der Waals surface area contributed by atoms with Gasteiger partial charge in [0.05, 0.1) is 0 Å². The molecular weight excluding hydrogens is 506 g/mol. The van der Waals surface area contributed by atoms with Crippen molar-refractivity contribution in [3.8, 4) is 0 Å². The lowest BCUT2D eigenvalue weighted by atomic mass is 9.99. The largest absolute Gasteiger partial charge is 0.0875 e. The van der Waals surface area contributed by atoms with Crippen molar-refractivity contribution in [2.24, 2.45) is 0 Å². The van der Waals surface area contributed by atoms with Gasteiger partial charge in [-0.05, 0) is 103 Å². The van der Waals surface area contributed by atoms with Crippen LogP contribution in [0.5, 0.6) is 0 Å². The average molecular weight is 567 g/mol. The van der Waals surface area contributed by atoms with Crippen molar-refractivity contribution >= 4 is 19.8 Å². The molecule has 1 aromatic carbocycles. The molecule has 5 saturated carbocycles. The second-order valence-electron chi connectivity index (χ2n) is 14.4. The summed E-state index contributed by atoms with van der Waals surface area (Å²) in [6.07, 6.45) is 38.8. The van der Waals surface area contributed by atoms with Crippen LogP contribution in [0.1, 0.15) is 166 Å². The minimum Gasteiger partial charge on any atom is -0.0875 e. The highest BCUT2D eigenvalue weighted by Crippen LogP contribution is 2.76. The van der Waals surface area contributed by atoms with Crippen LogP contribution < -0.4 is 0 Å². The summed E-state index contributed by atoms with van der Waals surface area (Å²) < 4.78 is 0. The first kappa shape index (κ1) is 29.0. The van der Waals surface area contributed by atoms with Crippen molar-refractivity contribution in [1.29, 1.82) is 0 Å². The number of rotatable bonds is 7. The molecule has 0 atom stereocenters. The smallest absolute Gasteiger partial charge is 0.0166 e.